The number of pyridine rings is 1. The van der Waals surface area contributed by atoms with Gasteiger partial charge in [0.15, 0.2) is 11.6 Å². The topological polar surface area (TPSA) is 165 Å². The van der Waals surface area contributed by atoms with Crippen LogP contribution in [0, 0.1) is 0 Å². The number of carbonyl (C=O) groups is 1. The van der Waals surface area contributed by atoms with E-state index in [9.17, 15) is 4.79 Å². The number of amides is 1. The fourth-order valence-electron chi connectivity index (χ4n) is 3.93. The van der Waals surface area contributed by atoms with Crippen LogP contribution in [-0.2, 0) is 11.3 Å². The fraction of sp³-hybridized carbons (Fsp3) is 0.333. The lowest BCUT2D eigenvalue weighted by atomic mass is 10.2. The number of nitrogens with zero attached hydrogens (tertiary/aromatic N) is 7. The van der Waals surface area contributed by atoms with Gasteiger partial charge in [0.25, 0.3) is 5.91 Å². The number of carbonyl (C=O) groups excluding carboxylic acids is 1. The number of rotatable bonds is 9. The van der Waals surface area contributed by atoms with Crippen LogP contribution < -0.4 is 25.8 Å². The van der Waals surface area contributed by atoms with E-state index >= 15 is 0 Å². The molecular weight excluding hydrogens is 510 g/mol. The maximum Gasteiger partial charge on any atom is 0.277 e. The highest BCUT2D eigenvalue weighted by Crippen LogP contribution is 2.35. The minimum Gasteiger partial charge on any atom is -0.476 e. The first-order chi connectivity index (χ1) is 18.6. The smallest absolute Gasteiger partial charge is 0.277 e. The zero-order valence-corrected chi connectivity index (χ0v) is 21.5. The molecule has 0 unspecified atom stereocenters. The van der Waals surface area contributed by atoms with Crippen LogP contribution in [0.25, 0.3) is 21.6 Å². The van der Waals surface area contributed by atoms with Gasteiger partial charge in [-0.05, 0) is 12.1 Å². The number of morpholine rings is 1. The Bertz CT molecular complexity index is 1390. The molecule has 0 spiro atoms. The van der Waals surface area contributed by atoms with Crippen molar-refractivity contribution in [3.8, 4) is 17.3 Å². The number of hydrogen-bond acceptors (Lipinski definition) is 13. The van der Waals surface area contributed by atoms with E-state index in [1.807, 2.05) is 24.1 Å². The molecule has 5 heterocycles. The molecule has 0 radical (unpaired) electrons. The lowest BCUT2D eigenvalue weighted by Crippen LogP contribution is -2.36. The summed E-state index contributed by atoms with van der Waals surface area (Å²) in [4.78, 5) is 39.3. The Labute approximate surface area is 222 Å². The number of aromatic nitrogens is 5. The molecule has 13 nitrogen and oxygen atoms in total. The zero-order valence-electron chi connectivity index (χ0n) is 20.7. The lowest BCUT2D eigenvalue weighted by molar-refractivity contribution is 0.0705. The van der Waals surface area contributed by atoms with Crippen molar-refractivity contribution in [3.63, 3.8) is 0 Å². The molecule has 1 fully saturated rings. The van der Waals surface area contributed by atoms with Crippen molar-refractivity contribution in [2.24, 2.45) is 5.73 Å². The maximum absolute atomic E-state index is 11.5. The van der Waals surface area contributed by atoms with Gasteiger partial charge in [0, 0.05) is 61.8 Å². The number of fused-ring (bicyclic) bond motifs is 1. The second-order valence-corrected chi connectivity index (χ2v) is 9.63. The predicted molar refractivity (Wildman–Crippen MR) is 142 cm³/mol. The molecule has 1 aliphatic heterocycles. The molecule has 4 N–H and O–H groups in total. The number of nitrogens with two attached hydrogens (primary N) is 1. The number of anilines is 2. The van der Waals surface area contributed by atoms with Crippen molar-refractivity contribution in [1.29, 1.82) is 0 Å². The number of ether oxygens (including phenoxy) is 2. The molecule has 4 aromatic rings. The predicted octanol–water partition coefficient (Wildman–Crippen LogP) is 1.47. The summed E-state index contributed by atoms with van der Waals surface area (Å²) in [5, 5.41) is 8.78. The van der Waals surface area contributed by atoms with E-state index in [4.69, 9.17) is 30.4 Å². The first kappa shape index (κ1) is 25.7. The van der Waals surface area contributed by atoms with E-state index in [-0.39, 0.29) is 5.56 Å². The van der Waals surface area contributed by atoms with E-state index in [2.05, 4.69) is 19.9 Å². The second kappa shape index (κ2) is 11.6. The van der Waals surface area contributed by atoms with Gasteiger partial charge in [-0.1, -0.05) is 0 Å². The second-order valence-electron chi connectivity index (χ2n) is 8.49. The first-order valence-electron chi connectivity index (χ1n) is 12.0. The summed E-state index contributed by atoms with van der Waals surface area (Å²) in [6.07, 6.45) is 4.43. The molecule has 198 valence electrons. The molecule has 14 heteroatoms. The van der Waals surface area contributed by atoms with E-state index < -0.39 is 5.91 Å². The summed E-state index contributed by atoms with van der Waals surface area (Å²) < 4.78 is 12.0. The Morgan fingerprint density at radius 1 is 1.21 bits per heavy atom. The van der Waals surface area contributed by atoms with E-state index in [1.165, 1.54) is 12.4 Å². The third-order valence-electron chi connectivity index (χ3n) is 5.81. The van der Waals surface area contributed by atoms with Crippen molar-refractivity contribution >= 4 is 39.2 Å². The van der Waals surface area contributed by atoms with Crippen molar-refractivity contribution in [2.75, 3.05) is 56.3 Å². The summed E-state index contributed by atoms with van der Waals surface area (Å²) in [6, 6.07) is 5.73. The summed E-state index contributed by atoms with van der Waals surface area (Å²) in [5.74, 6) is 1.73. The molecule has 1 aliphatic rings. The average molecular weight is 538 g/mol. The summed E-state index contributed by atoms with van der Waals surface area (Å²) >= 11 is 1.62. The SMILES string of the molecule is CN(Cc1cc2nc(-c3ccc(OCCN)nc3)nc(N3CCOCC3)c2s1)c1ncc(C(=O)NO)cn1. The van der Waals surface area contributed by atoms with Gasteiger partial charge in [-0.3, -0.25) is 10.0 Å². The molecule has 5 rings (SSSR count). The highest BCUT2D eigenvalue weighted by Gasteiger charge is 2.21. The lowest BCUT2D eigenvalue weighted by Gasteiger charge is -2.28. The van der Waals surface area contributed by atoms with Gasteiger partial charge in [0.1, 0.15) is 6.61 Å². The average Bonchev–Trinajstić information content (AvgIpc) is 3.38. The van der Waals surface area contributed by atoms with Crippen LogP contribution in [-0.4, -0.2) is 82.5 Å². The molecule has 4 aromatic heterocycles. The van der Waals surface area contributed by atoms with E-state index in [1.54, 1.807) is 29.1 Å². The van der Waals surface area contributed by atoms with Gasteiger partial charge in [-0.25, -0.2) is 30.4 Å². The van der Waals surface area contributed by atoms with Crippen molar-refractivity contribution in [2.45, 2.75) is 6.54 Å². The molecule has 0 bridgehead atoms. The molecular formula is C24H27N9O4S. The Balaban J connectivity index is 1.44. The van der Waals surface area contributed by atoms with Crippen LogP contribution in [0.1, 0.15) is 15.2 Å². The Kier molecular flexibility index (Phi) is 7.83. The van der Waals surface area contributed by atoms with Crippen LogP contribution in [0.15, 0.2) is 36.8 Å². The third kappa shape index (κ3) is 5.62. The number of hydroxylamine groups is 1. The molecule has 1 saturated heterocycles. The van der Waals surface area contributed by atoms with Crippen LogP contribution in [0.5, 0.6) is 5.88 Å². The molecule has 1 amide bonds. The Morgan fingerprint density at radius 2 is 2.00 bits per heavy atom. The molecule has 0 aromatic carbocycles. The highest BCUT2D eigenvalue weighted by molar-refractivity contribution is 7.19. The molecule has 0 saturated carbocycles. The van der Waals surface area contributed by atoms with Gasteiger partial charge in [0.2, 0.25) is 11.8 Å². The third-order valence-corrected chi connectivity index (χ3v) is 6.92. The normalized spacial score (nSPS) is 13.5. The number of nitrogens with one attached hydrogen (secondary N) is 1. The van der Waals surface area contributed by atoms with Gasteiger partial charge in [-0.2, -0.15) is 0 Å². The minimum absolute atomic E-state index is 0.165. The van der Waals surface area contributed by atoms with Crippen LogP contribution in [0.2, 0.25) is 0 Å². The van der Waals surface area contributed by atoms with E-state index in [0.717, 1.165) is 39.6 Å². The first-order valence-corrected chi connectivity index (χ1v) is 12.8. The van der Waals surface area contributed by atoms with Crippen molar-refractivity contribution in [1.82, 2.24) is 30.4 Å². The quantitative estimate of drug-likeness (QED) is 0.208. The van der Waals surface area contributed by atoms with Gasteiger partial charge in [-0.15, -0.1) is 11.3 Å². The standard InChI is InChI=1S/C24H27N9O4S/c1-32(24-27-12-16(13-28-24)23(34)31-35)14-17-10-18-20(38-17)22(33-5-8-36-9-6-33)30-21(29-18)15-2-3-19(26-11-15)37-7-4-25/h2-3,10-13,35H,4-9,14,25H2,1H3,(H,31,34). The minimum atomic E-state index is -0.665. The molecule has 0 atom stereocenters. The van der Waals surface area contributed by atoms with Crippen LogP contribution >= 0.6 is 11.3 Å². The molecule has 38 heavy (non-hydrogen) atoms. The summed E-state index contributed by atoms with van der Waals surface area (Å²) in [7, 11) is 1.87. The fourth-order valence-corrected chi connectivity index (χ4v) is 5.09. The highest BCUT2D eigenvalue weighted by atomic mass is 32.1. The molecule has 0 aliphatic carbocycles. The Hall–Kier alpha value is -3.98. The van der Waals surface area contributed by atoms with Gasteiger partial charge >= 0.3 is 0 Å². The van der Waals surface area contributed by atoms with Gasteiger partial charge in [0.05, 0.1) is 35.5 Å². The summed E-state index contributed by atoms with van der Waals surface area (Å²) in [5.41, 5.74) is 8.87. The largest absolute Gasteiger partial charge is 0.476 e. The van der Waals surface area contributed by atoms with Crippen molar-refractivity contribution in [3.05, 3.63) is 47.2 Å². The Morgan fingerprint density at radius 3 is 2.68 bits per heavy atom. The number of hydrogen-bond donors (Lipinski definition) is 3. The summed E-state index contributed by atoms with van der Waals surface area (Å²) in [6.45, 7) is 4.10. The monoisotopic (exact) mass is 537 g/mol. The van der Waals surface area contributed by atoms with Crippen molar-refractivity contribution < 1.29 is 19.5 Å². The zero-order chi connectivity index (χ0) is 26.5. The van der Waals surface area contributed by atoms with Gasteiger partial charge < -0.3 is 25.0 Å². The van der Waals surface area contributed by atoms with E-state index in [0.29, 0.717) is 50.6 Å². The van der Waals surface area contributed by atoms with Crippen LogP contribution in [0.3, 0.4) is 0 Å². The number of thiophene rings is 1. The maximum atomic E-state index is 11.5. The van der Waals surface area contributed by atoms with Crippen LogP contribution in [0.4, 0.5) is 11.8 Å².